The van der Waals surface area contributed by atoms with Crippen LogP contribution in [0.3, 0.4) is 0 Å². The Labute approximate surface area is 122 Å². The van der Waals surface area contributed by atoms with Crippen LogP contribution in [0.2, 0.25) is 0 Å². The number of hydrogen-bond donors (Lipinski definition) is 3. The molecule has 122 valence electrons. The lowest BCUT2D eigenvalue weighted by Crippen LogP contribution is -2.33. The van der Waals surface area contributed by atoms with Crippen LogP contribution in [0, 0.1) is 0 Å². The Morgan fingerprint density at radius 3 is 2.25 bits per heavy atom. The number of hydrogen-bond acceptors (Lipinski definition) is 5. The Morgan fingerprint density at radius 2 is 1.60 bits per heavy atom. The summed E-state index contributed by atoms with van der Waals surface area (Å²) in [6.45, 7) is 4.51. The molecule has 0 radical (unpaired) electrons. The van der Waals surface area contributed by atoms with Gasteiger partial charge in [0.25, 0.3) is 0 Å². The second-order valence-electron chi connectivity index (χ2n) is 5.28. The van der Waals surface area contributed by atoms with E-state index in [0.717, 1.165) is 6.42 Å². The maximum Gasteiger partial charge on any atom is 0.103 e. The maximum absolute atomic E-state index is 9.78. The molecule has 3 N–H and O–H groups in total. The molecule has 0 aliphatic carbocycles. The first kappa shape index (κ1) is 19.8. The van der Waals surface area contributed by atoms with Crippen molar-refractivity contribution in [2.24, 2.45) is 0 Å². The zero-order valence-corrected chi connectivity index (χ0v) is 13.0. The molecule has 3 atom stereocenters. The smallest absolute Gasteiger partial charge is 0.103 e. The molecule has 20 heavy (non-hydrogen) atoms. The number of rotatable bonds is 14. The van der Waals surface area contributed by atoms with Gasteiger partial charge in [-0.05, 0) is 13.3 Å². The van der Waals surface area contributed by atoms with E-state index in [1.165, 1.54) is 32.1 Å². The van der Waals surface area contributed by atoms with Gasteiger partial charge in [-0.1, -0.05) is 39.0 Å². The lowest BCUT2D eigenvalue weighted by atomic mass is 10.1. The van der Waals surface area contributed by atoms with Crippen LogP contribution in [0.15, 0.2) is 0 Å². The SMILES string of the molecule is CCCCCCCCOCC(O)[C@H](C)OC[C@@H](O)CO. The summed E-state index contributed by atoms with van der Waals surface area (Å²) in [5, 5.41) is 27.6. The summed E-state index contributed by atoms with van der Waals surface area (Å²) in [4.78, 5) is 0. The minimum absolute atomic E-state index is 0.0200. The fourth-order valence-electron chi connectivity index (χ4n) is 1.75. The molecule has 0 bridgehead atoms. The molecule has 0 saturated heterocycles. The highest BCUT2D eigenvalue weighted by molar-refractivity contribution is 4.64. The minimum Gasteiger partial charge on any atom is -0.394 e. The third-order valence-corrected chi connectivity index (χ3v) is 3.23. The predicted octanol–water partition coefficient (Wildman–Crippen LogP) is 1.48. The van der Waals surface area contributed by atoms with E-state index < -0.39 is 18.3 Å². The van der Waals surface area contributed by atoms with Crippen LogP contribution >= 0.6 is 0 Å². The van der Waals surface area contributed by atoms with Crippen LogP contribution in [0.4, 0.5) is 0 Å². The van der Waals surface area contributed by atoms with Gasteiger partial charge in [-0.25, -0.2) is 0 Å². The molecule has 0 fully saturated rings. The average Bonchev–Trinajstić information content (AvgIpc) is 2.46. The van der Waals surface area contributed by atoms with Gasteiger partial charge >= 0.3 is 0 Å². The molecule has 0 aliphatic heterocycles. The molecule has 5 heteroatoms. The molecule has 0 saturated carbocycles. The third kappa shape index (κ3) is 11.6. The van der Waals surface area contributed by atoms with Gasteiger partial charge in [-0.3, -0.25) is 0 Å². The van der Waals surface area contributed by atoms with Crippen molar-refractivity contribution < 1.29 is 24.8 Å². The maximum atomic E-state index is 9.78. The van der Waals surface area contributed by atoms with E-state index in [1.54, 1.807) is 6.92 Å². The molecular formula is C15H32O5. The summed E-state index contributed by atoms with van der Waals surface area (Å²) >= 11 is 0. The van der Waals surface area contributed by atoms with E-state index in [0.29, 0.717) is 6.61 Å². The third-order valence-electron chi connectivity index (χ3n) is 3.23. The molecule has 0 aliphatic rings. The second kappa shape index (κ2) is 13.8. The quantitative estimate of drug-likeness (QED) is 0.423. The summed E-state index contributed by atoms with van der Waals surface area (Å²) in [6, 6.07) is 0. The highest BCUT2D eigenvalue weighted by Crippen LogP contribution is 2.06. The lowest BCUT2D eigenvalue weighted by Gasteiger charge is -2.20. The molecule has 0 spiro atoms. The largest absolute Gasteiger partial charge is 0.394 e. The Bertz CT molecular complexity index is 201. The van der Waals surface area contributed by atoms with Gasteiger partial charge in [0, 0.05) is 6.61 Å². The summed E-state index contributed by atoms with van der Waals surface area (Å²) in [5.41, 5.74) is 0. The molecule has 0 aromatic carbocycles. The van der Waals surface area contributed by atoms with Crippen LogP contribution in [0.1, 0.15) is 52.4 Å². The van der Waals surface area contributed by atoms with E-state index in [4.69, 9.17) is 19.7 Å². The van der Waals surface area contributed by atoms with E-state index in [-0.39, 0.29) is 19.8 Å². The van der Waals surface area contributed by atoms with Crippen LogP contribution in [0.5, 0.6) is 0 Å². The Balaban J connectivity index is 3.40. The zero-order chi connectivity index (χ0) is 15.2. The van der Waals surface area contributed by atoms with Crippen molar-refractivity contribution in [3.8, 4) is 0 Å². The zero-order valence-electron chi connectivity index (χ0n) is 13.0. The van der Waals surface area contributed by atoms with Crippen molar-refractivity contribution in [2.45, 2.75) is 70.7 Å². The first-order chi connectivity index (χ1) is 9.61. The number of ether oxygens (including phenoxy) is 2. The van der Waals surface area contributed by atoms with Crippen molar-refractivity contribution in [2.75, 3.05) is 26.4 Å². The van der Waals surface area contributed by atoms with Gasteiger partial charge < -0.3 is 24.8 Å². The lowest BCUT2D eigenvalue weighted by molar-refractivity contribution is -0.0887. The van der Waals surface area contributed by atoms with E-state index >= 15 is 0 Å². The van der Waals surface area contributed by atoms with Crippen LogP contribution in [-0.2, 0) is 9.47 Å². The molecule has 0 aromatic heterocycles. The van der Waals surface area contributed by atoms with Gasteiger partial charge in [-0.2, -0.15) is 0 Å². The van der Waals surface area contributed by atoms with Gasteiger partial charge in [0.05, 0.1) is 25.9 Å². The van der Waals surface area contributed by atoms with E-state index in [9.17, 15) is 5.11 Å². The summed E-state index contributed by atoms with van der Waals surface area (Å²) in [5.74, 6) is 0. The summed E-state index contributed by atoms with van der Waals surface area (Å²) in [6.07, 6.45) is 5.27. The molecule has 0 heterocycles. The molecule has 0 amide bonds. The van der Waals surface area contributed by atoms with Crippen LogP contribution < -0.4 is 0 Å². The Morgan fingerprint density at radius 1 is 0.950 bits per heavy atom. The fraction of sp³-hybridized carbons (Fsp3) is 1.00. The standard InChI is InChI=1S/C15H32O5/c1-3-4-5-6-7-8-9-19-12-15(18)13(2)20-11-14(17)10-16/h13-18H,3-12H2,1-2H3/t13-,14-,15?/m0/s1. The van der Waals surface area contributed by atoms with Crippen molar-refractivity contribution in [3.05, 3.63) is 0 Å². The number of aliphatic hydroxyl groups excluding tert-OH is 3. The average molecular weight is 292 g/mol. The van der Waals surface area contributed by atoms with Gasteiger partial charge in [0.15, 0.2) is 0 Å². The fourth-order valence-corrected chi connectivity index (χ4v) is 1.75. The van der Waals surface area contributed by atoms with E-state index in [2.05, 4.69) is 6.92 Å². The summed E-state index contributed by atoms with van der Waals surface area (Å²) in [7, 11) is 0. The normalized spacial score (nSPS) is 16.1. The predicted molar refractivity (Wildman–Crippen MR) is 78.7 cm³/mol. The second-order valence-corrected chi connectivity index (χ2v) is 5.28. The molecular weight excluding hydrogens is 260 g/mol. The van der Waals surface area contributed by atoms with Crippen LogP contribution in [0.25, 0.3) is 0 Å². The van der Waals surface area contributed by atoms with Gasteiger partial charge in [0.1, 0.15) is 12.2 Å². The first-order valence-electron chi connectivity index (χ1n) is 7.78. The van der Waals surface area contributed by atoms with Gasteiger partial charge in [-0.15, -0.1) is 0 Å². The Hall–Kier alpha value is -0.200. The summed E-state index contributed by atoms with van der Waals surface area (Å²) < 4.78 is 10.7. The van der Waals surface area contributed by atoms with E-state index in [1.807, 2.05) is 0 Å². The molecule has 0 aromatic rings. The minimum atomic E-state index is -0.895. The highest BCUT2D eigenvalue weighted by Gasteiger charge is 2.16. The van der Waals surface area contributed by atoms with Crippen LogP contribution in [-0.4, -0.2) is 60.1 Å². The van der Waals surface area contributed by atoms with Crippen molar-refractivity contribution in [3.63, 3.8) is 0 Å². The molecule has 5 nitrogen and oxygen atoms in total. The highest BCUT2D eigenvalue weighted by atomic mass is 16.5. The van der Waals surface area contributed by atoms with Crippen molar-refractivity contribution >= 4 is 0 Å². The molecule has 0 rings (SSSR count). The Kier molecular flexibility index (Phi) is 13.6. The van der Waals surface area contributed by atoms with Gasteiger partial charge in [0.2, 0.25) is 0 Å². The monoisotopic (exact) mass is 292 g/mol. The van der Waals surface area contributed by atoms with Crippen molar-refractivity contribution in [1.82, 2.24) is 0 Å². The topological polar surface area (TPSA) is 79.2 Å². The first-order valence-corrected chi connectivity index (χ1v) is 7.78. The number of unbranched alkanes of at least 4 members (excludes halogenated alkanes) is 5. The molecule has 1 unspecified atom stereocenters. The number of aliphatic hydroxyl groups is 3. The van der Waals surface area contributed by atoms with Crippen molar-refractivity contribution in [1.29, 1.82) is 0 Å².